The molecule has 0 spiro atoms. The van der Waals surface area contributed by atoms with Crippen molar-refractivity contribution in [3.8, 4) is 11.5 Å². The first-order valence-corrected chi connectivity index (χ1v) is 8.41. The van der Waals surface area contributed by atoms with Gasteiger partial charge in [0.1, 0.15) is 11.5 Å². The number of carbonyl (C=O) groups is 2. The minimum absolute atomic E-state index is 0.0616. The van der Waals surface area contributed by atoms with Gasteiger partial charge in [-0.3, -0.25) is 9.59 Å². The van der Waals surface area contributed by atoms with E-state index in [0.29, 0.717) is 17.9 Å². The summed E-state index contributed by atoms with van der Waals surface area (Å²) in [5.74, 6) is -0.254. The van der Waals surface area contributed by atoms with Crippen LogP contribution in [-0.4, -0.2) is 43.3 Å². The van der Waals surface area contributed by atoms with E-state index < -0.39 is 17.4 Å². The molecule has 0 bridgehead atoms. The van der Waals surface area contributed by atoms with Crippen LogP contribution in [0.15, 0.2) is 48.5 Å². The number of hydrogen-bond acceptors (Lipinski definition) is 5. The third-order valence-corrected chi connectivity index (χ3v) is 3.93. The second-order valence-electron chi connectivity index (χ2n) is 6.39. The number of amides is 2. The number of anilines is 1. The van der Waals surface area contributed by atoms with Crippen molar-refractivity contribution >= 4 is 17.5 Å². The van der Waals surface area contributed by atoms with Crippen LogP contribution in [0.2, 0.25) is 0 Å². The molecule has 2 aromatic rings. The highest BCUT2D eigenvalue weighted by atomic mass is 16.5. The molecule has 0 radical (unpaired) electrons. The first kappa shape index (κ1) is 20.3. The van der Waals surface area contributed by atoms with Crippen molar-refractivity contribution in [2.75, 3.05) is 26.1 Å². The van der Waals surface area contributed by atoms with Gasteiger partial charge in [0, 0.05) is 18.7 Å². The zero-order chi connectivity index (χ0) is 19.9. The molecule has 2 rings (SSSR count). The summed E-state index contributed by atoms with van der Waals surface area (Å²) >= 11 is 0. The van der Waals surface area contributed by atoms with Gasteiger partial charge in [0.2, 0.25) is 0 Å². The van der Waals surface area contributed by atoms with Gasteiger partial charge in [-0.1, -0.05) is 12.1 Å². The Morgan fingerprint density at radius 3 is 1.96 bits per heavy atom. The zero-order valence-electron chi connectivity index (χ0n) is 15.6. The molecule has 2 amide bonds. The van der Waals surface area contributed by atoms with E-state index in [2.05, 4.69) is 10.6 Å². The monoisotopic (exact) mass is 372 g/mol. The third-order valence-electron chi connectivity index (χ3n) is 3.93. The highest BCUT2D eigenvalue weighted by molar-refractivity contribution is 6.39. The molecule has 3 N–H and O–H groups in total. The summed E-state index contributed by atoms with van der Waals surface area (Å²) in [4.78, 5) is 23.9. The molecular weight excluding hydrogens is 348 g/mol. The molecule has 7 heteroatoms. The van der Waals surface area contributed by atoms with Crippen molar-refractivity contribution in [2.45, 2.75) is 18.9 Å². The molecule has 0 aromatic heterocycles. The van der Waals surface area contributed by atoms with Crippen molar-refractivity contribution in [3.05, 3.63) is 54.1 Å². The number of hydrogen-bond donors (Lipinski definition) is 3. The van der Waals surface area contributed by atoms with Crippen LogP contribution in [0.4, 0.5) is 5.69 Å². The van der Waals surface area contributed by atoms with Crippen LogP contribution in [0.5, 0.6) is 11.5 Å². The summed E-state index contributed by atoms with van der Waals surface area (Å²) in [5.41, 5.74) is 0.156. The third kappa shape index (κ3) is 6.31. The van der Waals surface area contributed by atoms with Gasteiger partial charge in [0.05, 0.1) is 19.8 Å². The lowest BCUT2D eigenvalue weighted by atomic mass is 9.96. The summed E-state index contributed by atoms with van der Waals surface area (Å²) in [6.45, 7) is 1.53. The summed E-state index contributed by atoms with van der Waals surface area (Å²) in [6.07, 6.45) is 0.317. The van der Waals surface area contributed by atoms with Crippen LogP contribution in [0, 0.1) is 0 Å². The zero-order valence-corrected chi connectivity index (χ0v) is 15.6. The van der Waals surface area contributed by atoms with Gasteiger partial charge < -0.3 is 25.2 Å². The Labute approximate surface area is 158 Å². The summed E-state index contributed by atoms with van der Waals surface area (Å²) < 4.78 is 10.1. The maximum atomic E-state index is 12.0. The van der Waals surface area contributed by atoms with Gasteiger partial charge in [0.15, 0.2) is 0 Å². The van der Waals surface area contributed by atoms with Crippen LogP contribution in [0.3, 0.4) is 0 Å². The molecule has 1 atom stereocenters. The van der Waals surface area contributed by atoms with E-state index in [1.54, 1.807) is 57.5 Å². The fourth-order valence-corrected chi connectivity index (χ4v) is 2.46. The quantitative estimate of drug-likeness (QED) is 0.644. The Balaban J connectivity index is 1.85. The largest absolute Gasteiger partial charge is 0.497 e. The average Bonchev–Trinajstić information content (AvgIpc) is 2.67. The number of carbonyl (C=O) groups excluding carboxylic acids is 2. The molecule has 27 heavy (non-hydrogen) atoms. The molecule has 2 aromatic carbocycles. The Morgan fingerprint density at radius 2 is 1.44 bits per heavy atom. The second-order valence-corrected chi connectivity index (χ2v) is 6.39. The number of ether oxygens (including phenoxy) is 2. The molecule has 0 saturated heterocycles. The first-order valence-electron chi connectivity index (χ1n) is 8.41. The summed E-state index contributed by atoms with van der Waals surface area (Å²) in [5, 5.41) is 15.4. The van der Waals surface area contributed by atoms with E-state index in [9.17, 15) is 14.7 Å². The van der Waals surface area contributed by atoms with Gasteiger partial charge >= 0.3 is 11.8 Å². The lowest BCUT2D eigenvalue weighted by Crippen LogP contribution is -2.45. The van der Waals surface area contributed by atoms with E-state index in [0.717, 1.165) is 11.3 Å². The first-order chi connectivity index (χ1) is 12.8. The van der Waals surface area contributed by atoms with Crippen molar-refractivity contribution in [2.24, 2.45) is 0 Å². The number of aliphatic hydroxyl groups is 1. The van der Waals surface area contributed by atoms with E-state index in [-0.39, 0.29) is 6.54 Å². The van der Waals surface area contributed by atoms with Gasteiger partial charge in [-0.15, -0.1) is 0 Å². The van der Waals surface area contributed by atoms with Crippen molar-refractivity contribution < 1.29 is 24.2 Å². The molecule has 144 valence electrons. The summed E-state index contributed by atoms with van der Waals surface area (Å²) in [7, 11) is 3.12. The molecule has 0 heterocycles. The van der Waals surface area contributed by atoms with E-state index in [4.69, 9.17) is 9.47 Å². The maximum Gasteiger partial charge on any atom is 0.313 e. The van der Waals surface area contributed by atoms with Gasteiger partial charge in [-0.05, 0) is 48.9 Å². The van der Waals surface area contributed by atoms with Crippen LogP contribution < -0.4 is 20.1 Å². The van der Waals surface area contributed by atoms with Gasteiger partial charge in [-0.25, -0.2) is 0 Å². The Bertz CT molecular complexity index is 770. The van der Waals surface area contributed by atoms with Crippen LogP contribution >= 0.6 is 0 Å². The molecular formula is C20H24N2O5. The van der Waals surface area contributed by atoms with Crippen LogP contribution in [-0.2, 0) is 16.0 Å². The number of methoxy groups -OCH3 is 2. The number of nitrogens with one attached hydrogen (secondary N) is 2. The van der Waals surface area contributed by atoms with E-state index in [1.807, 2.05) is 12.1 Å². The van der Waals surface area contributed by atoms with Crippen molar-refractivity contribution in [1.82, 2.24) is 5.32 Å². The lowest BCUT2D eigenvalue weighted by molar-refractivity contribution is -0.136. The molecule has 0 aliphatic rings. The normalized spacial score (nSPS) is 12.6. The highest BCUT2D eigenvalue weighted by Gasteiger charge is 2.24. The topological polar surface area (TPSA) is 96.9 Å². The van der Waals surface area contributed by atoms with Gasteiger partial charge in [-0.2, -0.15) is 0 Å². The highest BCUT2D eigenvalue weighted by Crippen LogP contribution is 2.17. The maximum absolute atomic E-state index is 12.0. The fraction of sp³-hybridized carbons (Fsp3) is 0.300. The summed E-state index contributed by atoms with van der Waals surface area (Å²) in [6, 6.07) is 13.9. The Kier molecular flexibility index (Phi) is 6.79. The Hall–Kier alpha value is -3.06. The molecule has 0 saturated carbocycles. The number of rotatable bonds is 7. The fourth-order valence-electron chi connectivity index (χ4n) is 2.46. The van der Waals surface area contributed by atoms with E-state index >= 15 is 0 Å². The SMILES string of the molecule is COc1ccc(CC(C)(O)CNC(=O)C(=O)Nc2ccc(OC)cc2)cc1. The average molecular weight is 372 g/mol. The molecule has 0 aliphatic heterocycles. The molecule has 0 aliphatic carbocycles. The number of benzene rings is 2. The van der Waals surface area contributed by atoms with E-state index in [1.165, 1.54) is 0 Å². The molecule has 7 nitrogen and oxygen atoms in total. The second kappa shape index (κ2) is 9.05. The Morgan fingerprint density at radius 1 is 0.926 bits per heavy atom. The lowest BCUT2D eigenvalue weighted by Gasteiger charge is -2.23. The predicted molar refractivity (Wildman–Crippen MR) is 102 cm³/mol. The minimum Gasteiger partial charge on any atom is -0.497 e. The van der Waals surface area contributed by atoms with Gasteiger partial charge in [0.25, 0.3) is 0 Å². The standard InChI is InChI=1S/C20H24N2O5/c1-20(25,12-14-4-8-16(26-2)9-5-14)13-21-18(23)19(24)22-15-6-10-17(27-3)11-7-15/h4-11,25H,12-13H2,1-3H3,(H,21,23)(H,22,24). The predicted octanol–water partition coefficient (Wildman–Crippen LogP) is 1.75. The minimum atomic E-state index is -1.20. The molecule has 1 unspecified atom stereocenters. The molecule has 0 fully saturated rings. The van der Waals surface area contributed by atoms with Crippen molar-refractivity contribution in [3.63, 3.8) is 0 Å². The van der Waals surface area contributed by atoms with Crippen LogP contribution in [0.25, 0.3) is 0 Å². The smallest absolute Gasteiger partial charge is 0.313 e. The van der Waals surface area contributed by atoms with Crippen LogP contribution in [0.1, 0.15) is 12.5 Å². The van der Waals surface area contributed by atoms with Crippen molar-refractivity contribution in [1.29, 1.82) is 0 Å².